The van der Waals surface area contributed by atoms with Crippen LogP contribution in [0.3, 0.4) is 0 Å². The molecule has 1 unspecified atom stereocenters. The highest BCUT2D eigenvalue weighted by molar-refractivity contribution is 7.32. The Morgan fingerprint density at radius 2 is 1.33 bits per heavy atom. The molecule has 0 spiro atoms. The fourth-order valence-corrected chi connectivity index (χ4v) is 1.12. The quantitative estimate of drug-likeness (QED) is 0.292. The van der Waals surface area contributed by atoms with E-state index in [2.05, 4.69) is 11.1 Å². The summed E-state index contributed by atoms with van der Waals surface area (Å²) in [5.74, 6) is -14.1. The minimum atomic E-state index is -3.86. The SMILES string of the molecule is C=C(C)C(=O)O.O=[PH](O)Oc1c(F)c(F)c(F)c(F)c1F. The van der Waals surface area contributed by atoms with Gasteiger partial charge in [-0.05, 0) is 6.92 Å². The topological polar surface area (TPSA) is 83.8 Å². The van der Waals surface area contributed by atoms with E-state index in [-0.39, 0.29) is 5.57 Å². The minimum Gasteiger partial charge on any atom is -0.478 e. The molecule has 2 N–H and O–H groups in total. The number of rotatable bonds is 3. The van der Waals surface area contributed by atoms with Crippen LogP contribution in [-0.2, 0) is 9.36 Å². The number of benzene rings is 1. The van der Waals surface area contributed by atoms with Gasteiger partial charge in [0.1, 0.15) is 0 Å². The fraction of sp³-hybridized carbons (Fsp3) is 0.100. The highest BCUT2D eigenvalue weighted by Crippen LogP contribution is 2.33. The number of hydrogen-bond acceptors (Lipinski definition) is 3. The zero-order chi connectivity index (χ0) is 16.9. The molecule has 0 aliphatic rings. The summed E-state index contributed by atoms with van der Waals surface area (Å²) in [6, 6.07) is 0. The minimum absolute atomic E-state index is 0.176. The first-order chi connectivity index (χ1) is 9.50. The summed E-state index contributed by atoms with van der Waals surface area (Å²) in [6.07, 6.45) is 0. The van der Waals surface area contributed by atoms with Crippen molar-refractivity contribution < 1.29 is 45.8 Å². The lowest BCUT2D eigenvalue weighted by Gasteiger charge is -2.06. The summed E-state index contributed by atoms with van der Waals surface area (Å²) in [7, 11) is -3.86. The second-order valence-corrected chi connectivity index (χ2v) is 4.09. The van der Waals surface area contributed by atoms with Gasteiger partial charge in [0, 0.05) is 5.57 Å². The molecule has 0 radical (unpaired) electrons. The molecule has 0 amide bonds. The third-order valence-electron chi connectivity index (χ3n) is 1.72. The Kier molecular flexibility index (Phi) is 7.04. The summed E-state index contributed by atoms with van der Waals surface area (Å²) >= 11 is 0. The maximum atomic E-state index is 12.7. The van der Waals surface area contributed by atoms with Gasteiger partial charge in [0.05, 0.1) is 0 Å². The number of carbonyl (C=O) groups is 1. The van der Waals surface area contributed by atoms with Crippen molar-refractivity contribution in [2.75, 3.05) is 0 Å². The van der Waals surface area contributed by atoms with Crippen LogP contribution >= 0.6 is 8.25 Å². The number of carboxylic acid groups (broad SMARTS) is 1. The van der Waals surface area contributed by atoms with Crippen molar-refractivity contribution in [3.63, 3.8) is 0 Å². The van der Waals surface area contributed by atoms with Gasteiger partial charge in [-0.2, -0.15) is 8.78 Å². The number of carboxylic acids is 1. The van der Waals surface area contributed by atoms with Crippen LogP contribution < -0.4 is 4.52 Å². The van der Waals surface area contributed by atoms with Gasteiger partial charge < -0.3 is 14.5 Å². The Balaban J connectivity index is 0.000000567. The molecule has 0 heterocycles. The Labute approximate surface area is 115 Å². The Morgan fingerprint density at radius 3 is 1.57 bits per heavy atom. The van der Waals surface area contributed by atoms with Crippen molar-refractivity contribution in [2.45, 2.75) is 6.92 Å². The highest BCUT2D eigenvalue weighted by Gasteiger charge is 2.27. The fourth-order valence-electron chi connectivity index (χ4n) is 0.762. The van der Waals surface area contributed by atoms with Crippen molar-refractivity contribution in [3.8, 4) is 5.75 Å². The molecule has 5 nitrogen and oxygen atoms in total. The molecule has 118 valence electrons. The molecular formula is C10H8F5O5P. The Morgan fingerprint density at radius 1 is 1.05 bits per heavy atom. The van der Waals surface area contributed by atoms with E-state index < -0.39 is 49.1 Å². The standard InChI is InChI=1S/C6H2F5O3P.C4H6O2/c7-1-2(8)4(10)6(14-15(12)13)5(11)3(1)9;1-3(2)4(5)6/h15H,(H,12,13);1H2,2H3,(H,5,6). The average Bonchev–Trinajstić information content (AvgIpc) is 2.39. The van der Waals surface area contributed by atoms with Gasteiger partial charge in [0.15, 0.2) is 0 Å². The zero-order valence-electron chi connectivity index (χ0n) is 10.2. The summed E-state index contributed by atoms with van der Waals surface area (Å²) < 4.78 is 76.3. The lowest BCUT2D eigenvalue weighted by molar-refractivity contribution is -0.132. The largest absolute Gasteiger partial charge is 0.478 e. The van der Waals surface area contributed by atoms with Crippen LogP contribution in [0.25, 0.3) is 0 Å². The molecule has 1 rings (SSSR count). The molecule has 0 bridgehead atoms. The summed E-state index contributed by atoms with van der Waals surface area (Å²) in [4.78, 5) is 17.8. The van der Waals surface area contributed by atoms with Crippen molar-refractivity contribution >= 4 is 14.2 Å². The van der Waals surface area contributed by atoms with Crippen molar-refractivity contribution in [2.24, 2.45) is 0 Å². The Bertz CT molecular complexity index is 563. The van der Waals surface area contributed by atoms with Crippen LogP contribution in [0.2, 0.25) is 0 Å². The first-order valence-corrected chi connectivity index (χ1v) is 6.08. The van der Waals surface area contributed by atoms with Crippen molar-refractivity contribution in [3.05, 3.63) is 41.2 Å². The summed E-state index contributed by atoms with van der Waals surface area (Å²) in [5.41, 5.74) is 0.176. The van der Waals surface area contributed by atoms with Crippen LogP contribution in [0.1, 0.15) is 6.92 Å². The number of halogens is 5. The summed E-state index contributed by atoms with van der Waals surface area (Å²) in [5, 5.41) is 7.89. The molecule has 0 aromatic heterocycles. The third kappa shape index (κ3) is 5.16. The smallest absolute Gasteiger partial charge is 0.365 e. The Hall–Kier alpha value is -1.93. The number of hydrogen-bond donors (Lipinski definition) is 2. The lowest BCUT2D eigenvalue weighted by Crippen LogP contribution is -2.03. The van der Waals surface area contributed by atoms with Gasteiger partial charge in [-0.1, -0.05) is 6.58 Å². The predicted molar refractivity (Wildman–Crippen MR) is 60.5 cm³/mol. The van der Waals surface area contributed by atoms with Gasteiger partial charge in [-0.3, -0.25) is 0 Å². The molecule has 0 aliphatic carbocycles. The van der Waals surface area contributed by atoms with E-state index in [1.807, 2.05) is 0 Å². The van der Waals surface area contributed by atoms with E-state index in [1.165, 1.54) is 6.92 Å². The van der Waals surface area contributed by atoms with Gasteiger partial charge in [-0.15, -0.1) is 0 Å². The van der Waals surface area contributed by atoms with Crippen molar-refractivity contribution in [1.29, 1.82) is 0 Å². The van der Waals surface area contributed by atoms with Gasteiger partial charge in [0.2, 0.25) is 34.8 Å². The predicted octanol–water partition coefficient (Wildman–Crippen LogP) is 2.79. The average molecular weight is 334 g/mol. The molecule has 1 atom stereocenters. The second kappa shape index (κ2) is 7.75. The maximum absolute atomic E-state index is 12.7. The zero-order valence-corrected chi connectivity index (χ0v) is 11.2. The van der Waals surface area contributed by atoms with E-state index in [0.717, 1.165) is 0 Å². The first kappa shape index (κ1) is 19.1. The van der Waals surface area contributed by atoms with Crippen LogP contribution in [0, 0.1) is 29.1 Å². The summed E-state index contributed by atoms with van der Waals surface area (Å²) in [6.45, 7) is 4.60. The van der Waals surface area contributed by atoms with Crippen LogP contribution in [-0.4, -0.2) is 16.0 Å². The van der Waals surface area contributed by atoms with Gasteiger partial charge in [-0.25, -0.2) is 22.5 Å². The van der Waals surface area contributed by atoms with Crippen LogP contribution in [0.15, 0.2) is 12.2 Å². The molecule has 0 fully saturated rings. The molecule has 1 aromatic carbocycles. The molecule has 21 heavy (non-hydrogen) atoms. The van der Waals surface area contributed by atoms with Crippen LogP contribution in [0.4, 0.5) is 22.0 Å². The molecule has 0 saturated carbocycles. The van der Waals surface area contributed by atoms with Crippen LogP contribution in [0.5, 0.6) is 5.75 Å². The normalized spacial score (nSPS) is 11.2. The van der Waals surface area contributed by atoms with E-state index in [0.29, 0.717) is 0 Å². The van der Waals surface area contributed by atoms with Gasteiger partial charge in [0.25, 0.3) is 0 Å². The van der Waals surface area contributed by atoms with E-state index >= 15 is 0 Å². The van der Waals surface area contributed by atoms with E-state index in [4.69, 9.17) is 10.00 Å². The number of aliphatic carboxylic acids is 1. The van der Waals surface area contributed by atoms with E-state index in [1.54, 1.807) is 0 Å². The maximum Gasteiger partial charge on any atom is 0.365 e. The molecule has 11 heteroatoms. The third-order valence-corrected chi connectivity index (χ3v) is 2.10. The molecule has 1 aromatic rings. The molecule has 0 aliphatic heterocycles. The monoisotopic (exact) mass is 334 g/mol. The van der Waals surface area contributed by atoms with E-state index in [9.17, 15) is 31.3 Å². The highest BCUT2D eigenvalue weighted by atomic mass is 31.1. The van der Waals surface area contributed by atoms with Gasteiger partial charge >= 0.3 is 14.2 Å². The lowest BCUT2D eigenvalue weighted by atomic mass is 10.3. The first-order valence-electron chi connectivity index (χ1n) is 4.81. The van der Waals surface area contributed by atoms with Crippen molar-refractivity contribution in [1.82, 2.24) is 0 Å². The molecule has 0 saturated heterocycles. The molecular weight excluding hydrogens is 326 g/mol. The second-order valence-electron chi connectivity index (χ2n) is 3.35.